The summed E-state index contributed by atoms with van der Waals surface area (Å²) in [6.07, 6.45) is 1.82. The summed E-state index contributed by atoms with van der Waals surface area (Å²) in [5.74, 6) is 1.39. The molecule has 2 heterocycles. The molecule has 0 aliphatic heterocycles. The first kappa shape index (κ1) is 18.3. The highest BCUT2D eigenvalue weighted by Crippen LogP contribution is 2.33. The van der Waals surface area contributed by atoms with Crippen molar-refractivity contribution in [1.29, 1.82) is 0 Å². The minimum absolute atomic E-state index is 0.0636. The lowest BCUT2D eigenvalue weighted by atomic mass is 10.2. The fraction of sp³-hybridized carbons (Fsp3) is 0.158. The van der Waals surface area contributed by atoms with E-state index in [1.54, 1.807) is 22.9 Å². The van der Waals surface area contributed by atoms with Crippen LogP contribution in [-0.4, -0.2) is 20.8 Å². The van der Waals surface area contributed by atoms with E-state index in [2.05, 4.69) is 26.1 Å². The molecular weight excluding hydrogens is 453 g/mol. The maximum absolute atomic E-state index is 6.38. The Morgan fingerprint density at radius 2 is 1.93 bits per heavy atom. The first-order valence-corrected chi connectivity index (χ1v) is 9.74. The molecule has 0 bridgehead atoms. The van der Waals surface area contributed by atoms with Gasteiger partial charge in [0.1, 0.15) is 5.75 Å². The average Bonchev–Trinajstić information content (AvgIpc) is 3.20. The third-order valence-electron chi connectivity index (χ3n) is 3.89. The van der Waals surface area contributed by atoms with E-state index in [0.717, 1.165) is 15.4 Å². The molecule has 0 fully saturated rings. The van der Waals surface area contributed by atoms with Gasteiger partial charge in [-0.3, -0.25) is 4.57 Å². The number of benzene rings is 2. The van der Waals surface area contributed by atoms with Crippen LogP contribution in [0.2, 0.25) is 10.0 Å². The summed E-state index contributed by atoms with van der Waals surface area (Å²) in [5, 5.41) is 6.05. The van der Waals surface area contributed by atoms with Crippen molar-refractivity contribution >= 4 is 50.0 Å². The predicted octanol–water partition coefficient (Wildman–Crippen LogP) is 6.54. The summed E-state index contributed by atoms with van der Waals surface area (Å²) in [6, 6.07) is 11.2. The molecule has 0 atom stereocenters. The summed E-state index contributed by atoms with van der Waals surface area (Å²) in [7, 11) is 0. The summed E-state index contributed by atoms with van der Waals surface area (Å²) in [6.45, 7) is 3.91. The van der Waals surface area contributed by atoms with Crippen LogP contribution < -0.4 is 4.74 Å². The SMILES string of the molecule is CC(C)Oc1ccc(-c2nc(-n3cc(Cl)c4cc(Br)ccc43)no2)c(Cl)c1. The Balaban J connectivity index is 1.72. The van der Waals surface area contributed by atoms with Crippen LogP contribution >= 0.6 is 39.1 Å². The zero-order valence-corrected chi connectivity index (χ0v) is 17.5. The van der Waals surface area contributed by atoms with Gasteiger partial charge in [0, 0.05) is 16.1 Å². The summed E-state index contributed by atoms with van der Waals surface area (Å²) >= 11 is 16.2. The van der Waals surface area contributed by atoms with Crippen molar-refractivity contribution < 1.29 is 9.26 Å². The van der Waals surface area contributed by atoms with Crippen LogP contribution in [0.4, 0.5) is 0 Å². The van der Waals surface area contributed by atoms with Crippen LogP contribution in [0.1, 0.15) is 13.8 Å². The number of aromatic nitrogens is 3. The van der Waals surface area contributed by atoms with Crippen molar-refractivity contribution in [2.45, 2.75) is 20.0 Å². The van der Waals surface area contributed by atoms with Gasteiger partial charge in [0.2, 0.25) is 0 Å². The molecule has 0 radical (unpaired) electrons. The molecule has 0 unspecified atom stereocenters. The topological polar surface area (TPSA) is 53.1 Å². The zero-order valence-electron chi connectivity index (χ0n) is 14.4. The third-order valence-corrected chi connectivity index (χ3v) is 5.00. The Morgan fingerprint density at radius 1 is 1.11 bits per heavy atom. The van der Waals surface area contributed by atoms with Gasteiger partial charge < -0.3 is 9.26 Å². The van der Waals surface area contributed by atoms with E-state index in [1.165, 1.54) is 0 Å². The van der Waals surface area contributed by atoms with Gasteiger partial charge in [0.25, 0.3) is 11.8 Å². The Labute approximate surface area is 174 Å². The van der Waals surface area contributed by atoms with Crippen LogP contribution in [0.5, 0.6) is 5.75 Å². The molecule has 5 nitrogen and oxygen atoms in total. The molecule has 4 rings (SSSR count). The van der Waals surface area contributed by atoms with Gasteiger partial charge in [0.15, 0.2) is 0 Å². The molecule has 0 saturated carbocycles. The van der Waals surface area contributed by atoms with Crippen LogP contribution in [-0.2, 0) is 0 Å². The molecule has 0 saturated heterocycles. The van der Waals surface area contributed by atoms with Crippen LogP contribution in [0.25, 0.3) is 28.3 Å². The van der Waals surface area contributed by atoms with Crippen molar-refractivity contribution in [3.05, 3.63) is 57.1 Å². The van der Waals surface area contributed by atoms with Gasteiger partial charge >= 0.3 is 0 Å². The molecule has 0 N–H and O–H groups in total. The van der Waals surface area contributed by atoms with E-state index in [0.29, 0.717) is 33.2 Å². The number of nitrogens with zero attached hydrogens (tertiary/aromatic N) is 3. The van der Waals surface area contributed by atoms with Gasteiger partial charge in [-0.2, -0.15) is 4.98 Å². The number of fused-ring (bicyclic) bond motifs is 1. The molecule has 0 aliphatic rings. The Hall–Kier alpha value is -2.02. The quantitative estimate of drug-likeness (QED) is 0.342. The average molecular weight is 467 g/mol. The molecule has 138 valence electrons. The molecule has 0 spiro atoms. The van der Waals surface area contributed by atoms with Crippen molar-refractivity contribution in [3.8, 4) is 23.2 Å². The molecule has 0 amide bonds. The normalized spacial score (nSPS) is 11.5. The maximum atomic E-state index is 6.38. The first-order valence-electron chi connectivity index (χ1n) is 8.19. The first-order chi connectivity index (χ1) is 12.9. The third kappa shape index (κ3) is 3.57. The molecule has 2 aromatic carbocycles. The van der Waals surface area contributed by atoms with Gasteiger partial charge in [-0.15, -0.1) is 0 Å². The number of hydrogen-bond donors (Lipinski definition) is 0. The second kappa shape index (κ2) is 7.19. The van der Waals surface area contributed by atoms with Gasteiger partial charge in [0.05, 0.1) is 27.2 Å². The van der Waals surface area contributed by atoms with Crippen molar-refractivity contribution in [3.63, 3.8) is 0 Å². The lowest BCUT2D eigenvalue weighted by molar-refractivity contribution is 0.242. The fourth-order valence-electron chi connectivity index (χ4n) is 2.77. The minimum Gasteiger partial charge on any atom is -0.491 e. The largest absolute Gasteiger partial charge is 0.491 e. The van der Waals surface area contributed by atoms with Gasteiger partial charge in [-0.05, 0) is 55.4 Å². The molecule has 8 heteroatoms. The molecule has 4 aromatic rings. The molecule has 27 heavy (non-hydrogen) atoms. The van der Waals surface area contributed by atoms with E-state index in [-0.39, 0.29) is 6.10 Å². The van der Waals surface area contributed by atoms with E-state index in [9.17, 15) is 0 Å². The Morgan fingerprint density at radius 3 is 2.67 bits per heavy atom. The lowest BCUT2D eigenvalue weighted by Gasteiger charge is -2.10. The molecule has 2 aromatic heterocycles. The highest BCUT2D eigenvalue weighted by molar-refractivity contribution is 9.10. The molecule has 0 aliphatic carbocycles. The summed E-state index contributed by atoms with van der Waals surface area (Å²) in [5.41, 5.74) is 1.51. The van der Waals surface area contributed by atoms with E-state index in [4.69, 9.17) is 32.5 Å². The predicted molar refractivity (Wildman–Crippen MR) is 110 cm³/mol. The van der Waals surface area contributed by atoms with Crippen LogP contribution in [0, 0.1) is 0 Å². The van der Waals surface area contributed by atoms with Crippen LogP contribution in [0.3, 0.4) is 0 Å². The Bertz CT molecular complexity index is 1140. The fourth-order valence-corrected chi connectivity index (χ4v) is 3.63. The minimum atomic E-state index is 0.0636. The highest BCUT2D eigenvalue weighted by atomic mass is 79.9. The number of ether oxygens (including phenoxy) is 1. The standard InChI is InChI=1S/C19H14BrCl2N3O2/c1-10(2)26-12-4-5-13(15(21)8-12)18-23-19(24-27-18)25-9-16(22)14-7-11(20)3-6-17(14)25/h3-10H,1-2H3. The smallest absolute Gasteiger partial charge is 0.275 e. The monoisotopic (exact) mass is 465 g/mol. The van der Waals surface area contributed by atoms with E-state index in [1.807, 2.05) is 38.1 Å². The van der Waals surface area contributed by atoms with Crippen LogP contribution in [0.15, 0.2) is 51.6 Å². The molecular formula is C19H14BrCl2N3O2. The second-order valence-corrected chi connectivity index (χ2v) is 7.95. The highest BCUT2D eigenvalue weighted by Gasteiger charge is 2.17. The number of rotatable bonds is 4. The maximum Gasteiger partial charge on any atom is 0.275 e. The Kier molecular flexibility index (Phi) is 4.88. The van der Waals surface area contributed by atoms with Gasteiger partial charge in [-0.1, -0.05) is 39.1 Å². The van der Waals surface area contributed by atoms with Crippen molar-refractivity contribution in [2.24, 2.45) is 0 Å². The van der Waals surface area contributed by atoms with E-state index >= 15 is 0 Å². The zero-order chi connectivity index (χ0) is 19.1. The second-order valence-electron chi connectivity index (χ2n) is 6.22. The number of hydrogen-bond acceptors (Lipinski definition) is 4. The summed E-state index contributed by atoms with van der Waals surface area (Å²) in [4.78, 5) is 4.48. The lowest BCUT2D eigenvalue weighted by Crippen LogP contribution is -2.05. The van der Waals surface area contributed by atoms with Crippen molar-refractivity contribution in [1.82, 2.24) is 14.7 Å². The van der Waals surface area contributed by atoms with Gasteiger partial charge in [-0.25, -0.2) is 0 Å². The van der Waals surface area contributed by atoms with Crippen molar-refractivity contribution in [2.75, 3.05) is 0 Å². The van der Waals surface area contributed by atoms with E-state index < -0.39 is 0 Å². The number of halogens is 3. The summed E-state index contributed by atoms with van der Waals surface area (Å²) < 4.78 is 13.8.